The Balaban J connectivity index is 1.66. The summed E-state index contributed by atoms with van der Waals surface area (Å²) in [5.74, 6) is 0.0905. The lowest BCUT2D eigenvalue weighted by atomic mass is 9.87. The van der Waals surface area contributed by atoms with Gasteiger partial charge in [-0.25, -0.2) is 4.98 Å². The maximum atomic E-state index is 12.5. The summed E-state index contributed by atoms with van der Waals surface area (Å²) in [6.07, 6.45) is 4.46. The average molecular weight is 393 g/mol. The topological polar surface area (TPSA) is 65.5 Å². The van der Waals surface area contributed by atoms with E-state index in [-0.39, 0.29) is 29.9 Å². The molecule has 27 heavy (non-hydrogen) atoms. The summed E-state index contributed by atoms with van der Waals surface area (Å²) in [5.41, 5.74) is 0.998. The lowest BCUT2D eigenvalue weighted by Gasteiger charge is -2.38. The van der Waals surface area contributed by atoms with Gasteiger partial charge in [-0.1, -0.05) is 0 Å². The second kappa shape index (κ2) is 8.27. The summed E-state index contributed by atoms with van der Waals surface area (Å²) in [4.78, 5) is 35.1. The van der Waals surface area contributed by atoms with Crippen LogP contribution in [0.25, 0.3) is 0 Å². The first-order valence-corrected chi connectivity index (χ1v) is 10.9. The van der Waals surface area contributed by atoms with E-state index in [1.165, 1.54) is 4.88 Å². The maximum Gasteiger partial charge on any atom is 0.239 e. The fourth-order valence-electron chi connectivity index (χ4n) is 4.48. The number of carbonyl (C=O) groups is 2. The van der Waals surface area contributed by atoms with Gasteiger partial charge in [-0.05, 0) is 59.9 Å². The van der Waals surface area contributed by atoms with Crippen molar-refractivity contribution in [3.05, 3.63) is 15.6 Å². The van der Waals surface area contributed by atoms with Crippen molar-refractivity contribution in [3.8, 4) is 0 Å². The number of hydrogen-bond donors (Lipinski definition) is 1. The van der Waals surface area contributed by atoms with Gasteiger partial charge in [0.25, 0.3) is 0 Å². The molecule has 1 atom stereocenters. The van der Waals surface area contributed by atoms with Gasteiger partial charge >= 0.3 is 0 Å². The van der Waals surface area contributed by atoms with Crippen LogP contribution < -0.4 is 5.32 Å². The predicted molar refractivity (Wildman–Crippen MR) is 108 cm³/mol. The van der Waals surface area contributed by atoms with Gasteiger partial charge in [0.05, 0.1) is 10.7 Å². The molecule has 0 aliphatic carbocycles. The average Bonchev–Trinajstić information content (AvgIpc) is 2.96. The standard InChI is InChI=1S/C20H32N4O2S/c1-14(2)21-18(25)13-24-19(26)6-8-20(24)7-5-10-23(11-9-20)12-17-15(3)22-16(4)27-17/h14H,5-13H2,1-4H3,(H,21,25)/t20-/m1/s1. The SMILES string of the molecule is Cc1nc(C)c(CN2CCC[C@@]3(CCC(=O)N3CC(=O)NC(C)C)CC2)s1. The molecule has 6 nitrogen and oxygen atoms in total. The first-order chi connectivity index (χ1) is 12.8. The fraction of sp³-hybridized carbons (Fsp3) is 0.750. The second-order valence-electron chi connectivity index (χ2n) is 8.30. The molecule has 0 aromatic carbocycles. The summed E-state index contributed by atoms with van der Waals surface area (Å²) >= 11 is 1.78. The van der Waals surface area contributed by atoms with Crippen LogP contribution in [0.5, 0.6) is 0 Å². The van der Waals surface area contributed by atoms with E-state index in [0.717, 1.165) is 56.0 Å². The van der Waals surface area contributed by atoms with Crippen molar-refractivity contribution in [1.82, 2.24) is 20.1 Å². The Kier molecular flexibility index (Phi) is 6.21. The molecule has 0 bridgehead atoms. The van der Waals surface area contributed by atoms with Gasteiger partial charge in [0.15, 0.2) is 0 Å². The molecule has 1 N–H and O–H groups in total. The van der Waals surface area contributed by atoms with Crippen LogP contribution in [-0.4, -0.2) is 57.8 Å². The van der Waals surface area contributed by atoms with Crippen LogP contribution in [0.1, 0.15) is 61.5 Å². The summed E-state index contributed by atoms with van der Waals surface area (Å²) in [6, 6.07) is 0.0990. The van der Waals surface area contributed by atoms with E-state index < -0.39 is 0 Å². The van der Waals surface area contributed by atoms with Crippen molar-refractivity contribution in [2.75, 3.05) is 19.6 Å². The van der Waals surface area contributed by atoms with Gasteiger partial charge < -0.3 is 10.2 Å². The molecule has 3 rings (SSSR count). The monoisotopic (exact) mass is 392 g/mol. The van der Waals surface area contributed by atoms with Crippen molar-refractivity contribution in [2.45, 2.75) is 77.9 Å². The largest absolute Gasteiger partial charge is 0.352 e. The summed E-state index contributed by atoms with van der Waals surface area (Å²) in [5, 5.41) is 4.05. The van der Waals surface area contributed by atoms with Crippen molar-refractivity contribution in [3.63, 3.8) is 0 Å². The highest BCUT2D eigenvalue weighted by atomic mass is 32.1. The zero-order chi connectivity index (χ0) is 19.6. The Labute approximate surface area is 166 Å². The Morgan fingerprint density at radius 3 is 2.70 bits per heavy atom. The van der Waals surface area contributed by atoms with Gasteiger partial charge in [-0.15, -0.1) is 11.3 Å². The van der Waals surface area contributed by atoms with Crippen LogP contribution in [0.4, 0.5) is 0 Å². The van der Waals surface area contributed by atoms with Crippen molar-refractivity contribution in [1.29, 1.82) is 0 Å². The molecule has 2 aliphatic rings. The summed E-state index contributed by atoms with van der Waals surface area (Å²) in [7, 11) is 0. The van der Waals surface area contributed by atoms with E-state index in [4.69, 9.17) is 0 Å². The minimum absolute atomic E-state index is 0.0449. The number of likely N-dealkylation sites (tertiary alicyclic amines) is 2. The molecule has 0 unspecified atom stereocenters. The summed E-state index contributed by atoms with van der Waals surface area (Å²) in [6.45, 7) is 11.2. The van der Waals surface area contributed by atoms with Crippen molar-refractivity contribution < 1.29 is 9.59 Å². The normalized spacial score (nSPS) is 24.0. The van der Waals surface area contributed by atoms with Crippen LogP contribution >= 0.6 is 11.3 Å². The third-order valence-electron chi connectivity index (χ3n) is 5.81. The number of aromatic nitrogens is 1. The Morgan fingerprint density at radius 2 is 2.04 bits per heavy atom. The molecular weight excluding hydrogens is 360 g/mol. The molecule has 2 aliphatic heterocycles. The minimum Gasteiger partial charge on any atom is -0.352 e. The Bertz CT molecular complexity index is 702. The van der Waals surface area contributed by atoms with Crippen LogP contribution in [0.2, 0.25) is 0 Å². The molecule has 0 radical (unpaired) electrons. The molecule has 1 spiro atoms. The smallest absolute Gasteiger partial charge is 0.239 e. The molecule has 0 saturated carbocycles. The van der Waals surface area contributed by atoms with Crippen LogP contribution in [0.3, 0.4) is 0 Å². The number of aryl methyl sites for hydroxylation is 2. The highest BCUT2D eigenvalue weighted by Crippen LogP contribution is 2.39. The molecule has 1 aromatic heterocycles. The Hall–Kier alpha value is -1.47. The van der Waals surface area contributed by atoms with Gasteiger partial charge in [-0.2, -0.15) is 0 Å². The van der Waals surface area contributed by atoms with E-state index in [1.807, 2.05) is 18.7 Å². The highest BCUT2D eigenvalue weighted by molar-refractivity contribution is 7.11. The van der Waals surface area contributed by atoms with E-state index >= 15 is 0 Å². The minimum atomic E-state index is -0.140. The molecule has 3 heterocycles. The van der Waals surface area contributed by atoms with E-state index in [2.05, 4.69) is 29.0 Å². The third kappa shape index (κ3) is 4.69. The maximum absolute atomic E-state index is 12.5. The van der Waals surface area contributed by atoms with E-state index in [9.17, 15) is 9.59 Å². The number of hydrogen-bond acceptors (Lipinski definition) is 5. The predicted octanol–water partition coefficient (Wildman–Crippen LogP) is 2.63. The lowest BCUT2D eigenvalue weighted by Crippen LogP contribution is -2.51. The molecule has 1 aromatic rings. The molecular formula is C20H32N4O2S. The zero-order valence-corrected chi connectivity index (χ0v) is 17.8. The quantitative estimate of drug-likeness (QED) is 0.837. The Morgan fingerprint density at radius 1 is 1.26 bits per heavy atom. The first-order valence-electron chi connectivity index (χ1n) is 10.0. The number of rotatable bonds is 5. The van der Waals surface area contributed by atoms with Crippen LogP contribution in [0, 0.1) is 13.8 Å². The van der Waals surface area contributed by atoms with Gasteiger partial charge in [0.1, 0.15) is 6.54 Å². The highest BCUT2D eigenvalue weighted by Gasteiger charge is 2.46. The molecule has 2 fully saturated rings. The van der Waals surface area contributed by atoms with E-state index in [0.29, 0.717) is 6.42 Å². The lowest BCUT2D eigenvalue weighted by molar-refractivity contribution is -0.137. The zero-order valence-electron chi connectivity index (χ0n) is 17.0. The third-order valence-corrected chi connectivity index (χ3v) is 6.86. The number of nitrogens with one attached hydrogen (secondary N) is 1. The number of carbonyl (C=O) groups excluding carboxylic acids is 2. The number of amides is 2. The van der Waals surface area contributed by atoms with Crippen molar-refractivity contribution in [2.24, 2.45) is 0 Å². The van der Waals surface area contributed by atoms with Gasteiger partial charge in [0, 0.05) is 36.0 Å². The van der Waals surface area contributed by atoms with Gasteiger partial charge in [-0.3, -0.25) is 14.5 Å². The van der Waals surface area contributed by atoms with Gasteiger partial charge in [0.2, 0.25) is 11.8 Å². The van der Waals surface area contributed by atoms with Crippen molar-refractivity contribution >= 4 is 23.2 Å². The fourth-order valence-corrected chi connectivity index (χ4v) is 5.46. The summed E-state index contributed by atoms with van der Waals surface area (Å²) < 4.78 is 0. The molecule has 2 saturated heterocycles. The van der Waals surface area contributed by atoms with Crippen LogP contribution in [-0.2, 0) is 16.1 Å². The second-order valence-corrected chi connectivity index (χ2v) is 9.59. The van der Waals surface area contributed by atoms with E-state index in [1.54, 1.807) is 11.3 Å². The molecule has 7 heteroatoms. The van der Waals surface area contributed by atoms with Crippen LogP contribution in [0.15, 0.2) is 0 Å². The molecule has 2 amide bonds. The molecule has 150 valence electrons. The number of thiazole rings is 1. The first kappa shape index (κ1) is 20.3. The number of nitrogens with zero attached hydrogens (tertiary/aromatic N) is 3.